The van der Waals surface area contributed by atoms with E-state index in [1.807, 2.05) is 109 Å². The summed E-state index contributed by atoms with van der Waals surface area (Å²) in [5, 5.41) is 205. The number of methoxy groups -OCH3 is 3. The van der Waals surface area contributed by atoms with E-state index in [-0.39, 0.29) is 198 Å². The molecule has 840 valence electrons. The van der Waals surface area contributed by atoms with Gasteiger partial charge in [-0.1, -0.05) is 48.5 Å². The van der Waals surface area contributed by atoms with Crippen LogP contribution in [0.25, 0.3) is 22.3 Å². The highest BCUT2D eigenvalue weighted by atomic mass is 16.6. The summed E-state index contributed by atoms with van der Waals surface area (Å²) in [5.74, 6) is 2.46. The fourth-order valence-corrected chi connectivity index (χ4v) is 14.8. The van der Waals surface area contributed by atoms with Gasteiger partial charge in [0.15, 0.2) is 0 Å². The van der Waals surface area contributed by atoms with Gasteiger partial charge in [0.2, 0.25) is 0 Å². The molecule has 0 aliphatic carbocycles. The molecular weight excluding hydrogens is 1980 g/mol. The van der Waals surface area contributed by atoms with Crippen LogP contribution in [-0.4, -0.2) is 510 Å². The summed E-state index contributed by atoms with van der Waals surface area (Å²) < 4.78 is 126. The number of aliphatic hydroxyl groups excluding tert-OH is 20. The summed E-state index contributed by atoms with van der Waals surface area (Å²) in [7, 11) is 4.87. The van der Waals surface area contributed by atoms with Crippen molar-refractivity contribution < 1.29 is 206 Å². The smallest absolute Gasteiger partial charge is 0.119 e. The summed E-state index contributed by atoms with van der Waals surface area (Å²) in [6.07, 6.45) is -21.5. The average Bonchev–Trinajstić information content (AvgIpc) is 1.61. The average molecular weight is 2130 g/mol. The molecule has 19 unspecified atom stereocenters. The van der Waals surface area contributed by atoms with E-state index in [0.717, 1.165) is 88.7 Å². The Morgan fingerprint density at radius 2 is 0.353 bits per heavy atom. The first-order chi connectivity index (χ1) is 72.7. The van der Waals surface area contributed by atoms with E-state index in [1.54, 1.807) is 33.5 Å². The van der Waals surface area contributed by atoms with Crippen molar-refractivity contribution in [2.24, 2.45) is 0 Å². The quantitative estimate of drug-likeness (QED) is 0.0169. The molecule has 9 rings (SSSR count). The normalized spacial score (nSPS) is 16.4. The zero-order valence-electron chi connectivity index (χ0n) is 84.6. The highest BCUT2D eigenvalue weighted by Crippen LogP contribution is 2.32. The maximum Gasteiger partial charge on any atom is 0.119 e. The van der Waals surface area contributed by atoms with Crippen molar-refractivity contribution in [3.63, 3.8) is 0 Å². The fourth-order valence-electron chi connectivity index (χ4n) is 14.8. The molecule has 19 atom stereocenters. The lowest BCUT2D eigenvalue weighted by Gasteiger charge is -2.24. The lowest BCUT2D eigenvalue weighted by atomic mass is 10.0. The van der Waals surface area contributed by atoms with E-state index in [9.17, 15) is 91.9 Å². The van der Waals surface area contributed by atoms with Crippen LogP contribution in [0.4, 0.5) is 0 Å². The third-order valence-corrected chi connectivity index (χ3v) is 22.6. The predicted octanol–water partition coefficient (Wildman–Crippen LogP) is -6.15. The molecule has 24 N–H and O–H groups in total. The minimum atomic E-state index is -1.34. The molecule has 0 amide bonds. The van der Waals surface area contributed by atoms with Crippen LogP contribution >= 0.6 is 0 Å². The number of hydrogen-bond donors (Lipinski definition) is 24. The van der Waals surface area contributed by atoms with Gasteiger partial charge in [-0.15, -0.1) is 0 Å². The van der Waals surface area contributed by atoms with Crippen molar-refractivity contribution in [1.29, 1.82) is 0 Å². The van der Waals surface area contributed by atoms with Gasteiger partial charge in [-0.05, 0) is 119 Å². The highest BCUT2D eigenvalue weighted by molar-refractivity contribution is 5.85. The van der Waals surface area contributed by atoms with E-state index in [1.165, 1.54) is 0 Å². The van der Waals surface area contributed by atoms with Gasteiger partial charge in [0.25, 0.3) is 0 Å². The number of rotatable bonds is 83. The maximum atomic E-state index is 11.6. The van der Waals surface area contributed by atoms with Crippen molar-refractivity contribution in [2.75, 3.05) is 272 Å². The van der Waals surface area contributed by atoms with E-state index < -0.39 is 169 Å². The zero-order chi connectivity index (χ0) is 108. The summed E-state index contributed by atoms with van der Waals surface area (Å²) in [6.45, 7) is -12.4. The first-order valence-corrected chi connectivity index (χ1v) is 49.4. The second kappa shape index (κ2) is 70.5. The number of nitrogens with one attached hydrogen (secondary N) is 4. The minimum absolute atomic E-state index is 0.161. The fraction of sp³-hybridized carbons (Fsp3) is 0.577. The van der Waals surface area contributed by atoms with Crippen LogP contribution < -0.4 is 40.3 Å². The molecule has 0 saturated carbocycles. The molecule has 8 bridgehead atoms. The van der Waals surface area contributed by atoms with E-state index in [4.69, 9.17) is 114 Å². The molecular formula is C104H152N4O42. The van der Waals surface area contributed by atoms with Crippen LogP contribution in [0, 0.1) is 0 Å². The number of ether oxygens (including phenoxy) is 22. The molecule has 46 nitrogen and oxygen atoms in total. The Hall–Kier alpha value is -8.84. The number of aromatic nitrogens is 4. The van der Waals surface area contributed by atoms with E-state index in [0.29, 0.717) is 23.0 Å². The Bertz CT molecular complexity index is 5170. The molecule has 4 aromatic heterocycles. The molecule has 1 aliphatic rings. The number of aromatic amines is 4. The van der Waals surface area contributed by atoms with Crippen LogP contribution in [0.3, 0.4) is 0 Å². The van der Waals surface area contributed by atoms with Crippen LogP contribution in [-0.2, 0) is 85.3 Å². The van der Waals surface area contributed by atoms with E-state index >= 15 is 0 Å². The third-order valence-electron chi connectivity index (χ3n) is 22.6. The number of benzene rings is 4. The predicted molar refractivity (Wildman–Crippen MR) is 535 cm³/mol. The Morgan fingerprint density at radius 3 is 0.593 bits per heavy atom. The second-order valence-corrected chi connectivity index (χ2v) is 35.6. The molecule has 0 spiro atoms. The van der Waals surface area contributed by atoms with Crippen LogP contribution in [0.5, 0.6) is 23.0 Å². The van der Waals surface area contributed by atoms with Gasteiger partial charge < -0.3 is 226 Å². The number of hydrogen-bond acceptors (Lipinski definition) is 42. The first kappa shape index (κ1) is 125. The van der Waals surface area contributed by atoms with Crippen LogP contribution in [0.1, 0.15) is 45.0 Å². The molecule has 8 aromatic rings. The second-order valence-electron chi connectivity index (χ2n) is 35.6. The van der Waals surface area contributed by atoms with Gasteiger partial charge in [-0.2, -0.15) is 0 Å². The summed E-state index contributed by atoms with van der Waals surface area (Å²) in [6, 6.07) is 47.5. The van der Waals surface area contributed by atoms with Gasteiger partial charge in [-0.25, -0.2) is 0 Å². The molecule has 0 fully saturated rings. The van der Waals surface area contributed by atoms with Gasteiger partial charge in [0, 0.05) is 66.5 Å². The molecule has 1 aliphatic heterocycles. The molecule has 5 heterocycles. The van der Waals surface area contributed by atoms with Gasteiger partial charge in [0.05, 0.1) is 266 Å². The Labute approximate surface area is 868 Å². The van der Waals surface area contributed by atoms with Crippen molar-refractivity contribution >= 4 is 22.3 Å². The molecule has 4 aromatic carbocycles. The SMILES string of the molecule is COc1ccc(C2=c3ccc([nH]3)=C(c3ccc(OC)cc3)c3ccc([nH]3)C(c3ccc(OCC(COCC(CO)OCC(CO)OCC(O)COCC(O)COCC(O)COCC(O)CO)OCC(O)COCC(COCC(O)CO)OCC(O)COCC(COCC(O)COCC(O)COCC(O)CO)OCC(O)COCC(COCC(O)CO)OCC(O)CO)cc3)=c3ccc([nH]3)=C(c3ccc(OC)cc3)c3ccc2[nH]3)cc1. The molecule has 150 heavy (non-hydrogen) atoms. The van der Waals surface area contributed by atoms with Crippen molar-refractivity contribution in [3.8, 4) is 23.0 Å². The number of aliphatic hydroxyl groups is 20. The largest absolute Gasteiger partial charge is 0.497 e. The lowest BCUT2D eigenvalue weighted by Crippen LogP contribution is -2.37. The minimum Gasteiger partial charge on any atom is -0.497 e. The van der Waals surface area contributed by atoms with Gasteiger partial charge in [-0.3, -0.25) is 0 Å². The summed E-state index contributed by atoms with van der Waals surface area (Å²) in [4.78, 5) is 15.3. The topological polar surface area (TPSA) is 671 Å². The molecule has 46 heteroatoms. The van der Waals surface area contributed by atoms with Gasteiger partial charge in [0.1, 0.15) is 146 Å². The number of fused-ring (bicyclic) bond motifs is 8. The third kappa shape index (κ3) is 45.3. The molecule has 0 saturated heterocycles. The molecule has 0 radical (unpaired) electrons. The van der Waals surface area contributed by atoms with Gasteiger partial charge >= 0.3 is 0 Å². The Balaban J connectivity index is 0.892. The van der Waals surface area contributed by atoms with Crippen LogP contribution in [0.2, 0.25) is 0 Å². The monoisotopic (exact) mass is 2130 g/mol. The Morgan fingerprint density at radius 1 is 0.173 bits per heavy atom. The maximum absolute atomic E-state index is 11.6. The van der Waals surface area contributed by atoms with Crippen molar-refractivity contribution in [1.82, 2.24) is 19.9 Å². The van der Waals surface area contributed by atoms with Crippen molar-refractivity contribution in [3.05, 3.63) is 212 Å². The van der Waals surface area contributed by atoms with Crippen molar-refractivity contribution in [2.45, 2.75) is 116 Å². The zero-order valence-corrected chi connectivity index (χ0v) is 84.6. The van der Waals surface area contributed by atoms with E-state index in [2.05, 4.69) is 44.2 Å². The number of H-pyrrole nitrogens is 4. The lowest BCUT2D eigenvalue weighted by molar-refractivity contribution is -0.131. The highest BCUT2D eigenvalue weighted by Gasteiger charge is 2.28. The van der Waals surface area contributed by atoms with Crippen LogP contribution in [0.15, 0.2) is 146 Å². The summed E-state index contributed by atoms with van der Waals surface area (Å²) in [5.41, 5.74) is 10.1. The first-order valence-electron chi connectivity index (χ1n) is 49.4. The summed E-state index contributed by atoms with van der Waals surface area (Å²) >= 11 is 0. The standard InChI is InChI=1S/C104H152N4O42/c1-129-83-12-4-66(5-13-83)101-93-20-22-95(105-93)102(67-6-14-84(130-2)15-7-67)97-24-26-99(107-97)104(100-27-25-98(108-100)103(96-23-21-94(101)106-96)68-8-16-85(131-3)17-9-68)69-10-18-86(19-11-69)149-65-92(63-143-56-87(33-114)150-64-88(34-115)144-52-79(125)47-136-44-77(123)43-134-41-75(121)39-132-35-70(116)28-109)148-55-82(128)50-142-61-90(58-138-38-73(119)31-112)146-53-81(127)49-141-62-91(60-139-46-78(124)45-135-42-76(122)40-133-36-71(117)29-110)147-54-80(126)48-140-59-89(145-51-74(120)32-113)57-137-37-72(118)30-111/h4-27,70-82,87-92,105-128H,28-65H2,1-3H3. The Kier molecular flexibility index (Phi) is 58.6.